The summed E-state index contributed by atoms with van der Waals surface area (Å²) in [5.74, 6) is -1.000. The molecule has 0 aliphatic heterocycles. The van der Waals surface area contributed by atoms with Gasteiger partial charge in [-0.3, -0.25) is 5.32 Å². The van der Waals surface area contributed by atoms with Gasteiger partial charge in [0.1, 0.15) is 11.8 Å². The second-order valence-corrected chi connectivity index (χ2v) is 3.55. The van der Waals surface area contributed by atoms with E-state index >= 15 is 0 Å². The summed E-state index contributed by atoms with van der Waals surface area (Å²) >= 11 is 0. The zero-order valence-electron chi connectivity index (χ0n) is 9.49. The number of carbonyl (C=O) groups excluding carboxylic acids is 1. The van der Waals surface area contributed by atoms with E-state index in [-0.39, 0.29) is 11.3 Å². The Balaban J connectivity index is 2.88. The Morgan fingerprint density at radius 1 is 1.50 bits per heavy atom. The van der Waals surface area contributed by atoms with Crippen LogP contribution in [-0.4, -0.2) is 30.9 Å². The first-order chi connectivity index (χ1) is 8.33. The van der Waals surface area contributed by atoms with Gasteiger partial charge in [-0.25, -0.2) is 4.79 Å². The highest BCUT2D eigenvalue weighted by molar-refractivity contribution is 5.77. The van der Waals surface area contributed by atoms with Crippen LogP contribution in [-0.2, 0) is 9.53 Å². The molecule has 0 spiro atoms. The van der Waals surface area contributed by atoms with Crippen molar-refractivity contribution in [1.29, 1.82) is 0 Å². The Labute approximate surface area is 101 Å². The number of ether oxygens (including phenoxy) is 1. The number of rotatable bonds is 4. The van der Waals surface area contributed by atoms with E-state index in [0.29, 0.717) is 0 Å². The van der Waals surface area contributed by atoms with Crippen molar-refractivity contribution in [3.05, 3.63) is 29.8 Å². The molecular formula is C11H12F3NO3. The van der Waals surface area contributed by atoms with Gasteiger partial charge < -0.3 is 9.84 Å². The van der Waals surface area contributed by atoms with Crippen molar-refractivity contribution in [3.8, 4) is 5.75 Å². The van der Waals surface area contributed by atoms with Crippen LogP contribution in [0.1, 0.15) is 11.6 Å². The maximum Gasteiger partial charge on any atom is 0.401 e. The van der Waals surface area contributed by atoms with Crippen LogP contribution in [0.3, 0.4) is 0 Å². The fraction of sp³-hybridized carbons (Fsp3) is 0.364. The lowest BCUT2D eigenvalue weighted by atomic mass is 10.1. The largest absolute Gasteiger partial charge is 0.508 e. The monoisotopic (exact) mass is 263 g/mol. The number of hydrogen-bond donors (Lipinski definition) is 2. The Kier molecular flexibility index (Phi) is 4.55. The average molecular weight is 263 g/mol. The van der Waals surface area contributed by atoms with E-state index in [1.807, 2.05) is 5.32 Å². The van der Waals surface area contributed by atoms with Crippen molar-refractivity contribution >= 4 is 5.97 Å². The number of aromatic hydroxyl groups is 1. The van der Waals surface area contributed by atoms with E-state index in [2.05, 4.69) is 4.74 Å². The lowest BCUT2D eigenvalue weighted by Crippen LogP contribution is -2.36. The van der Waals surface area contributed by atoms with Gasteiger partial charge in [0.15, 0.2) is 0 Å². The Hall–Kier alpha value is -1.76. The van der Waals surface area contributed by atoms with E-state index in [0.717, 1.165) is 7.11 Å². The molecule has 0 bridgehead atoms. The highest BCUT2D eigenvalue weighted by Crippen LogP contribution is 2.21. The molecule has 1 unspecified atom stereocenters. The van der Waals surface area contributed by atoms with Gasteiger partial charge in [0.05, 0.1) is 13.7 Å². The van der Waals surface area contributed by atoms with Crippen LogP contribution < -0.4 is 5.32 Å². The summed E-state index contributed by atoms with van der Waals surface area (Å²) < 4.78 is 40.8. The molecular weight excluding hydrogens is 251 g/mol. The van der Waals surface area contributed by atoms with E-state index in [9.17, 15) is 23.1 Å². The quantitative estimate of drug-likeness (QED) is 0.813. The van der Waals surface area contributed by atoms with Gasteiger partial charge in [-0.05, 0) is 17.7 Å². The van der Waals surface area contributed by atoms with Crippen molar-refractivity contribution in [1.82, 2.24) is 5.32 Å². The Morgan fingerprint density at radius 3 is 2.67 bits per heavy atom. The number of halogens is 3. The summed E-state index contributed by atoms with van der Waals surface area (Å²) in [6, 6.07) is 4.12. The number of phenolic OH excluding ortho intramolecular Hbond substituents is 1. The molecule has 1 rings (SSSR count). The molecule has 18 heavy (non-hydrogen) atoms. The summed E-state index contributed by atoms with van der Waals surface area (Å²) in [5, 5.41) is 11.3. The second-order valence-electron chi connectivity index (χ2n) is 3.55. The third kappa shape index (κ3) is 4.25. The van der Waals surface area contributed by atoms with Crippen LogP contribution in [0.2, 0.25) is 0 Å². The standard InChI is InChI=1S/C11H12F3NO3/c1-18-10(17)9(15-6-11(12,13)14)7-3-2-4-8(16)5-7/h2-5,9,15-16H,6H2,1H3. The highest BCUT2D eigenvalue weighted by atomic mass is 19.4. The number of benzene rings is 1. The van der Waals surface area contributed by atoms with Crippen LogP contribution in [0.15, 0.2) is 24.3 Å². The first kappa shape index (κ1) is 14.3. The molecule has 0 saturated heterocycles. The van der Waals surface area contributed by atoms with Gasteiger partial charge in [0.25, 0.3) is 0 Å². The van der Waals surface area contributed by atoms with Crippen LogP contribution in [0.25, 0.3) is 0 Å². The van der Waals surface area contributed by atoms with Crippen LogP contribution in [0.4, 0.5) is 13.2 Å². The first-order valence-electron chi connectivity index (χ1n) is 5.00. The van der Waals surface area contributed by atoms with Crippen LogP contribution >= 0.6 is 0 Å². The molecule has 0 radical (unpaired) electrons. The number of methoxy groups -OCH3 is 1. The second kappa shape index (κ2) is 5.72. The molecule has 0 heterocycles. The molecule has 0 amide bonds. The smallest absolute Gasteiger partial charge is 0.401 e. The Morgan fingerprint density at radius 2 is 2.17 bits per heavy atom. The highest BCUT2D eigenvalue weighted by Gasteiger charge is 2.31. The van der Waals surface area contributed by atoms with E-state index in [1.54, 1.807) is 0 Å². The average Bonchev–Trinajstić information content (AvgIpc) is 2.27. The molecule has 1 aromatic carbocycles. The molecule has 0 aliphatic carbocycles. The van der Waals surface area contributed by atoms with Gasteiger partial charge >= 0.3 is 12.1 Å². The molecule has 4 nitrogen and oxygen atoms in total. The van der Waals surface area contributed by atoms with Crippen molar-refractivity contribution in [2.24, 2.45) is 0 Å². The molecule has 2 N–H and O–H groups in total. The van der Waals surface area contributed by atoms with Gasteiger partial charge in [-0.2, -0.15) is 13.2 Å². The maximum absolute atomic E-state index is 12.1. The van der Waals surface area contributed by atoms with E-state index in [1.165, 1.54) is 24.3 Å². The van der Waals surface area contributed by atoms with Gasteiger partial charge in [-0.1, -0.05) is 12.1 Å². The summed E-state index contributed by atoms with van der Waals surface area (Å²) in [6.07, 6.45) is -4.44. The molecule has 1 atom stereocenters. The van der Waals surface area contributed by atoms with E-state index in [4.69, 9.17) is 0 Å². The number of esters is 1. The van der Waals surface area contributed by atoms with Gasteiger partial charge in [0, 0.05) is 0 Å². The fourth-order valence-corrected chi connectivity index (χ4v) is 1.38. The Bertz CT molecular complexity index is 420. The van der Waals surface area contributed by atoms with Crippen molar-refractivity contribution in [3.63, 3.8) is 0 Å². The van der Waals surface area contributed by atoms with Crippen LogP contribution in [0, 0.1) is 0 Å². The zero-order valence-corrected chi connectivity index (χ0v) is 9.49. The van der Waals surface area contributed by atoms with Crippen molar-refractivity contribution in [2.75, 3.05) is 13.7 Å². The lowest BCUT2D eigenvalue weighted by Gasteiger charge is -2.18. The lowest BCUT2D eigenvalue weighted by molar-refractivity contribution is -0.146. The van der Waals surface area contributed by atoms with Gasteiger partial charge in [0.2, 0.25) is 0 Å². The molecule has 0 aliphatic rings. The fourth-order valence-electron chi connectivity index (χ4n) is 1.38. The third-order valence-electron chi connectivity index (χ3n) is 2.15. The molecule has 0 aromatic heterocycles. The zero-order chi connectivity index (χ0) is 13.8. The first-order valence-corrected chi connectivity index (χ1v) is 5.00. The minimum Gasteiger partial charge on any atom is -0.508 e. The normalized spacial score (nSPS) is 13.1. The number of hydrogen-bond acceptors (Lipinski definition) is 4. The van der Waals surface area contributed by atoms with Crippen LogP contribution in [0.5, 0.6) is 5.75 Å². The number of nitrogens with one attached hydrogen (secondary N) is 1. The van der Waals surface area contributed by atoms with Crippen molar-refractivity contribution in [2.45, 2.75) is 12.2 Å². The molecule has 7 heteroatoms. The summed E-state index contributed by atoms with van der Waals surface area (Å²) in [7, 11) is 1.08. The summed E-state index contributed by atoms with van der Waals surface area (Å²) in [5.41, 5.74) is 0.200. The summed E-state index contributed by atoms with van der Waals surface area (Å²) in [6.45, 7) is -1.33. The molecule has 0 saturated carbocycles. The molecule has 0 fully saturated rings. The predicted molar refractivity (Wildman–Crippen MR) is 56.9 cm³/mol. The maximum atomic E-state index is 12.1. The molecule has 100 valence electrons. The minimum absolute atomic E-state index is 0.143. The van der Waals surface area contributed by atoms with E-state index < -0.39 is 24.7 Å². The SMILES string of the molecule is COC(=O)C(NCC(F)(F)F)c1cccc(O)c1. The predicted octanol–water partition coefficient (Wildman–Crippen LogP) is 1.76. The number of alkyl halides is 3. The van der Waals surface area contributed by atoms with Crippen molar-refractivity contribution < 1.29 is 27.8 Å². The molecule has 1 aromatic rings. The third-order valence-corrected chi connectivity index (χ3v) is 2.15. The number of phenols is 1. The summed E-state index contributed by atoms with van der Waals surface area (Å²) in [4.78, 5) is 11.4. The minimum atomic E-state index is -4.44. The number of carbonyl (C=O) groups is 1. The van der Waals surface area contributed by atoms with Gasteiger partial charge in [-0.15, -0.1) is 0 Å². The topological polar surface area (TPSA) is 58.6 Å².